The smallest absolute Gasteiger partial charge is 0.296 e. The molecule has 7 nitrogen and oxygen atoms in total. The van der Waals surface area contributed by atoms with E-state index in [1.165, 1.54) is 12.1 Å². The summed E-state index contributed by atoms with van der Waals surface area (Å²) in [5, 5.41) is 18.8. The lowest BCUT2D eigenvalue weighted by atomic mass is 10.2. The van der Waals surface area contributed by atoms with Crippen LogP contribution in [0.3, 0.4) is 0 Å². The molecule has 0 saturated heterocycles. The molecule has 1 aromatic carbocycles. The van der Waals surface area contributed by atoms with E-state index in [-0.39, 0.29) is 18.2 Å². The third-order valence-corrected chi connectivity index (χ3v) is 3.84. The maximum atomic E-state index is 11.3. The maximum Gasteiger partial charge on any atom is 0.296 e. The van der Waals surface area contributed by atoms with Crippen LogP contribution in [-0.4, -0.2) is 17.4 Å². The number of nitro benzene ring substituents is 1. The number of anilines is 2. The van der Waals surface area contributed by atoms with Gasteiger partial charge in [-0.3, -0.25) is 14.9 Å². The largest absolute Gasteiger partial charge is 0.481 e. The Bertz CT molecular complexity index is 700. The second-order valence-corrected chi connectivity index (χ2v) is 5.42. The Balaban J connectivity index is 1.91. The average Bonchev–Trinajstić information content (AvgIpc) is 2.97. The number of hydrogen-bond donors (Lipinski definition) is 2. The van der Waals surface area contributed by atoms with Gasteiger partial charge in [0.1, 0.15) is 5.69 Å². The summed E-state index contributed by atoms with van der Waals surface area (Å²) < 4.78 is 5.19. The Hall–Kier alpha value is -2.61. The minimum atomic E-state index is -0.475. The molecule has 0 saturated carbocycles. The van der Waals surface area contributed by atoms with Crippen LogP contribution in [-0.2, 0) is 11.3 Å². The van der Waals surface area contributed by atoms with Crippen LogP contribution in [0.1, 0.15) is 4.88 Å². The second-order valence-electron chi connectivity index (χ2n) is 4.39. The number of nitro groups is 1. The van der Waals surface area contributed by atoms with Crippen molar-refractivity contribution in [2.24, 2.45) is 0 Å². The predicted molar refractivity (Wildman–Crippen MR) is 78.9 cm³/mol. The number of hydrogen-bond acceptors (Lipinski definition) is 6. The van der Waals surface area contributed by atoms with E-state index in [0.717, 1.165) is 4.88 Å². The molecule has 1 aliphatic heterocycles. The summed E-state index contributed by atoms with van der Waals surface area (Å²) in [5.74, 6) is 0.0310. The number of carbonyl (C=O) groups is 1. The molecule has 0 fully saturated rings. The molecule has 2 aromatic rings. The SMILES string of the molecule is O=C1COc2cc([N+](=O)[O-])c(NCc3cccs3)cc2N1. The van der Waals surface area contributed by atoms with Crippen molar-refractivity contribution in [1.29, 1.82) is 0 Å². The quantitative estimate of drug-likeness (QED) is 0.669. The lowest BCUT2D eigenvalue weighted by Crippen LogP contribution is -2.25. The van der Waals surface area contributed by atoms with Crippen molar-refractivity contribution in [3.63, 3.8) is 0 Å². The number of nitrogens with zero attached hydrogens (tertiary/aromatic N) is 1. The Labute approximate surface area is 123 Å². The van der Waals surface area contributed by atoms with Gasteiger partial charge in [0, 0.05) is 11.4 Å². The molecule has 8 heteroatoms. The molecular weight excluding hydrogens is 294 g/mol. The van der Waals surface area contributed by atoms with Crippen LogP contribution in [0, 0.1) is 10.1 Å². The molecule has 1 aromatic heterocycles. The molecule has 0 atom stereocenters. The van der Waals surface area contributed by atoms with Gasteiger partial charge in [0.2, 0.25) is 0 Å². The van der Waals surface area contributed by atoms with Crippen LogP contribution in [0.5, 0.6) is 5.75 Å². The van der Waals surface area contributed by atoms with Gasteiger partial charge in [-0.25, -0.2) is 0 Å². The molecule has 0 bridgehead atoms. The predicted octanol–water partition coefficient (Wildman–Crippen LogP) is 2.60. The molecule has 0 aliphatic carbocycles. The van der Waals surface area contributed by atoms with Crippen LogP contribution < -0.4 is 15.4 Å². The fraction of sp³-hybridized carbons (Fsp3) is 0.154. The van der Waals surface area contributed by atoms with E-state index in [2.05, 4.69) is 10.6 Å². The molecule has 2 heterocycles. The summed E-state index contributed by atoms with van der Waals surface area (Å²) in [6.45, 7) is 0.345. The lowest BCUT2D eigenvalue weighted by molar-refractivity contribution is -0.384. The van der Waals surface area contributed by atoms with Gasteiger partial charge in [-0.15, -0.1) is 11.3 Å². The normalized spacial score (nSPS) is 13.0. The van der Waals surface area contributed by atoms with Gasteiger partial charge in [0.05, 0.1) is 16.7 Å². The highest BCUT2D eigenvalue weighted by Gasteiger charge is 2.23. The molecule has 0 radical (unpaired) electrons. The van der Waals surface area contributed by atoms with Crippen molar-refractivity contribution in [3.05, 3.63) is 44.6 Å². The van der Waals surface area contributed by atoms with Crippen LogP contribution in [0.15, 0.2) is 29.6 Å². The number of ether oxygens (including phenoxy) is 1. The number of thiophene rings is 1. The molecule has 0 spiro atoms. The lowest BCUT2D eigenvalue weighted by Gasteiger charge is -2.19. The third-order valence-electron chi connectivity index (χ3n) is 2.96. The minimum Gasteiger partial charge on any atom is -0.481 e. The molecule has 0 unspecified atom stereocenters. The van der Waals surface area contributed by atoms with Gasteiger partial charge in [0.15, 0.2) is 12.4 Å². The zero-order valence-electron chi connectivity index (χ0n) is 10.8. The molecule has 3 rings (SSSR count). The number of rotatable bonds is 4. The number of nitrogens with one attached hydrogen (secondary N) is 2. The number of fused-ring (bicyclic) bond motifs is 1. The maximum absolute atomic E-state index is 11.3. The van der Waals surface area contributed by atoms with Crippen molar-refractivity contribution < 1.29 is 14.5 Å². The van der Waals surface area contributed by atoms with E-state index in [1.54, 1.807) is 11.3 Å². The standard InChI is InChI=1S/C13H11N3O4S/c17-13-7-20-12-5-11(16(18)19)9(4-10(12)15-13)14-6-8-2-1-3-21-8/h1-5,14H,6-7H2,(H,15,17). The van der Waals surface area contributed by atoms with Gasteiger partial charge in [-0.05, 0) is 17.5 Å². The van der Waals surface area contributed by atoms with E-state index < -0.39 is 4.92 Å². The van der Waals surface area contributed by atoms with Gasteiger partial charge in [-0.1, -0.05) is 6.07 Å². The van der Waals surface area contributed by atoms with Gasteiger partial charge in [-0.2, -0.15) is 0 Å². The highest BCUT2D eigenvalue weighted by Crippen LogP contribution is 2.38. The molecule has 21 heavy (non-hydrogen) atoms. The van der Waals surface area contributed by atoms with Crippen LogP contribution >= 0.6 is 11.3 Å². The van der Waals surface area contributed by atoms with Crippen molar-refractivity contribution in [2.75, 3.05) is 17.2 Å². The highest BCUT2D eigenvalue weighted by molar-refractivity contribution is 7.09. The third kappa shape index (κ3) is 2.79. The first-order valence-electron chi connectivity index (χ1n) is 6.15. The van der Waals surface area contributed by atoms with Gasteiger partial charge >= 0.3 is 0 Å². The first kappa shape index (κ1) is 13.4. The van der Waals surface area contributed by atoms with Crippen molar-refractivity contribution in [3.8, 4) is 5.75 Å². The number of amides is 1. The second kappa shape index (κ2) is 5.41. The first-order valence-corrected chi connectivity index (χ1v) is 7.03. The van der Waals surface area contributed by atoms with Crippen LogP contribution in [0.4, 0.5) is 17.1 Å². The van der Waals surface area contributed by atoms with Crippen molar-refractivity contribution >= 4 is 34.3 Å². The number of benzene rings is 1. The molecular formula is C13H11N3O4S. The molecule has 108 valence electrons. The monoisotopic (exact) mass is 305 g/mol. The molecule has 1 aliphatic rings. The highest BCUT2D eigenvalue weighted by atomic mass is 32.1. The summed E-state index contributed by atoms with van der Waals surface area (Å²) >= 11 is 1.56. The van der Waals surface area contributed by atoms with Gasteiger partial charge in [0.25, 0.3) is 11.6 Å². The minimum absolute atomic E-state index is 0.0820. The van der Waals surface area contributed by atoms with E-state index in [4.69, 9.17) is 4.74 Å². The van der Waals surface area contributed by atoms with Crippen LogP contribution in [0.25, 0.3) is 0 Å². The van der Waals surface area contributed by atoms with E-state index in [1.807, 2.05) is 17.5 Å². The van der Waals surface area contributed by atoms with E-state index in [0.29, 0.717) is 23.7 Å². The summed E-state index contributed by atoms with van der Waals surface area (Å²) in [6, 6.07) is 6.70. The Morgan fingerprint density at radius 1 is 1.48 bits per heavy atom. The fourth-order valence-electron chi connectivity index (χ4n) is 2.00. The first-order chi connectivity index (χ1) is 10.1. The average molecular weight is 305 g/mol. The summed E-state index contributed by atoms with van der Waals surface area (Å²) in [7, 11) is 0. The van der Waals surface area contributed by atoms with Crippen molar-refractivity contribution in [1.82, 2.24) is 0 Å². The number of carbonyl (C=O) groups excluding carboxylic acids is 1. The molecule has 2 N–H and O–H groups in total. The fourth-order valence-corrected chi connectivity index (χ4v) is 2.65. The Morgan fingerprint density at radius 3 is 3.05 bits per heavy atom. The summed E-state index contributed by atoms with van der Waals surface area (Å²) in [6.07, 6.45) is 0. The van der Waals surface area contributed by atoms with E-state index in [9.17, 15) is 14.9 Å². The Morgan fingerprint density at radius 2 is 2.33 bits per heavy atom. The summed E-state index contributed by atoms with van der Waals surface area (Å²) in [4.78, 5) is 23.1. The zero-order valence-corrected chi connectivity index (χ0v) is 11.6. The zero-order chi connectivity index (χ0) is 14.8. The molecule has 1 amide bonds. The Kier molecular flexibility index (Phi) is 3.44. The topological polar surface area (TPSA) is 93.5 Å². The van der Waals surface area contributed by atoms with Gasteiger partial charge < -0.3 is 15.4 Å². The van der Waals surface area contributed by atoms with Crippen molar-refractivity contribution in [2.45, 2.75) is 6.54 Å². The van der Waals surface area contributed by atoms with Crippen LogP contribution in [0.2, 0.25) is 0 Å². The summed E-state index contributed by atoms with van der Waals surface area (Å²) in [5.41, 5.74) is 0.699. The van der Waals surface area contributed by atoms with E-state index >= 15 is 0 Å².